The number of hydrogen-bond acceptors (Lipinski definition) is 4. The minimum atomic E-state index is -0.0604. The van der Waals surface area contributed by atoms with E-state index in [1.54, 1.807) is 23.9 Å². The summed E-state index contributed by atoms with van der Waals surface area (Å²) in [5.41, 5.74) is 0.647. The molecular weight excluding hydrogens is 274 g/mol. The van der Waals surface area contributed by atoms with Crippen LogP contribution in [0.25, 0.3) is 0 Å². The second kappa shape index (κ2) is 10.6. The van der Waals surface area contributed by atoms with E-state index >= 15 is 0 Å². The van der Waals surface area contributed by atoms with Crippen molar-refractivity contribution in [1.82, 2.24) is 5.32 Å². The Balaban J connectivity index is 2.25. The van der Waals surface area contributed by atoms with E-state index in [0.717, 1.165) is 30.1 Å². The van der Waals surface area contributed by atoms with Crippen LogP contribution in [0.4, 0.5) is 0 Å². The Morgan fingerprint density at radius 2 is 2.05 bits per heavy atom. The zero-order chi connectivity index (χ0) is 14.6. The summed E-state index contributed by atoms with van der Waals surface area (Å²) >= 11 is 1.73. The average Bonchev–Trinajstić information content (AvgIpc) is 2.49. The molecule has 5 heteroatoms. The lowest BCUT2D eigenvalue weighted by Gasteiger charge is -2.07. The number of aliphatic hydroxyl groups is 1. The van der Waals surface area contributed by atoms with Gasteiger partial charge in [0.25, 0.3) is 5.91 Å². The van der Waals surface area contributed by atoms with Crippen molar-refractivity contribution < 1.29 is 14.6 Å². The van der Waals surface area contributed by atoms with Gasteiger partial charge in [-0.15, -0.1) is 0 Å². The molecule has 0 spiro atoms. The Bertz CT molecular complexity index is 381. The monoisotopic (exact) mass is 297 g/mol. The second-order valence-corrected chi connectivity index (χ2v) is 5.54. The van der Waals surface area contributed by atoms with Gasteiger partial charge in [0.15, 0.2) is 0 Å². The maximum Gasteiger partial charge on any atom is 0.251 e. The molecule has 1 aromatic rings. The van der Waals surface area contributed by atoms with E-state index in [9.17, 15) is 4.79 Å². The van der Waals surface area contributed by atoms with Gasteiger partial charge in [0.2, 0.25) is 0 Å². The third kappa shape index (κ3) is 6.82. The molecule has 2 N–H and O–H groups in total. The van der Waals surface area contributed by atoms with Gasteiger partial charge in [-0.1, -0.05) is 6.92 Å². The Kier molecular flexibility index (Phi) is 8.91. The molecule has 0 fully saturated rings. The molecule has 1 aromatic carbocycles. The molecule has 0 aliphatic carbocycles. The molecular formula is C15H23NO3S. The van der Waals surface area contributed by atoms with Gasteiger partial charge in [0.1, 0.15) is 5.75 Å². The van der Waals surface area contributed by atoms with Crippen molar-refractivity contribution in [3.05, 3.63) is 29.8 Å². The van der Waals surface area contributed by atoms with Gasteiger partial charge in [-0.3, -0.25) is 4.79 Å². The summed E-state index contributed by atoms with van der Waals surface area (Å²) in [7, 11) is 0. The van der Waals surface area contributed by atoms with Gasteiger partial charge in [0, 0.05) is 24.5 Å². The maximum atomic E-state index is 11.9. The van der Waals surface area contributed by atoms with Gasteiger partial charge in [-0.25, -0.2) is 0 Å². The van der Waals surface area contributed by atoms with Crippen LogP contribution in [-0.4, -0.2) is 42.3 Å². The highest BCUT2D eigenvalue weighted by Gasteiger charge is 2.04. The van der Waals surface area contributed by atoms with E-state index in [0.29, 0.717) is 18.7 Å². The van der Waals surface area contributed by atoms with E-state index in [1.165, 1.54) is 0 Å². The number of carbonyl (C=O) groups is 1. The number of ether oxygens (including phenoxy) is 1. The van der Waals surface area contributed by atoms with Crippen molar-refractivity contribution in [3.8, 4) is 5.75 Å². The van der Waals surface area contributed by atoms with E-state index in [1.807, 2.05) is 12.1 Å². The summed E-state index contributed by atoms with van der Waals surface area (Å²) in [6, 6.07) is 7.19. The lowest BCUT2D eigenvalue weighted by molar-refractivity contribution is 0.0956. The van der Waals surface area contributed by atoms with E-state index in [-0.39, 0.29) is 12.5 Å². The molecule has 0 heterocycles. The van der Waals surface area contributed by atoms with Crippen LogP contribution in [0.3, 0.4) is 0 Å². The minimum absolute atomic E-state index is 0.0604. The zero-order valence-corrected chi connectivity index (χ0v) is 12.7. The lowest BCUT2D eigenvalue weighted by atomic mass is 10.2. The average molecular weight is 297 g/mol. The second-order valence-electron chi connectivity index (χ2n) is 4.32. The SMILES string of the molecule is CCCOc1ccc(C(=O)NCCSCCCO)cc1. The predicted octanol–water partition coefficient (Wildman–Crippen LogP) is 2.32. The number of benzene rings is 1. The van der Waals surface area contributed by atoms with Gasteiger partial charge in [0.05, 0.1) is 6.61 Å². The molecule has 0 atom stereocenters. The van der Waals surface area contributed by atoms with E-state index < -0.39 is 0 Å². The third-order valence-electron chi connectivity index (χ3n) is 2.57. The van der Waals surface area contributed by atoms with Crippen molar-refractivity contribution in [1.29, 1.82) is 0 Å². The fourth-order valence-electron chi connectivity index (χ4n) is 1.53. The number of aliphatic hydroxyl groups excluding tert-OH is 1. The smallest absolute Gasteiger partial charge is 0.251 e. The molecule has 20 heavy (non-hydrogen) atoms. The van der Waals surface area contributed by atoms with Crippen molar-refractivity contribution in [2.45, 2.75) is 19.8 Å². The molecule has 0 aliphatic rings. The molecule has 0 aliphatic heterocycles. The van der Waals surface area contributed by atoms with Crippen LogP contribution in [0.2, 0.25) is 0 Å². The molecule has 0 saturated heterocycles. The molecule has 4 nitrogen and oxygen atoms in total. The van der Waals surface area contributed by atoms with E-state index in [2.05, 4.69) is 12.2 Å². The minimum Gasteiger partial charge on any atom is -0.494 e. The number of amides is 1. The zero-order valence-electron chi connectivity index (χ0n) is 11.9. The summed E-state index contributed by atoms with van der Waals surface area (Å²) in [6.45, 7) is 3.62. The third-order valence-corrected chi connectivity index (χ3v) is 3.64. The van der Waals surface area contributed by atoms with Crippen molar-refractivity contribution in [2.75, 3.05) is 31.3 Å². The predicted molar refractivity (Wildman–Crippen MR) is 83.6 cm³/mol. The van der Waals surface area contributed by atoms with Crippen molar-refractivity contribution >= 4 is 17.7 Å². The Morgan fingerprint density at radius 3 is 2.70 bits per heavy atom. The summed E-state index contributed by atoms with van der Waals surface area (Å²) < 4.78 is 5.47. The first-order valence-corrected chi connectivity index (χ1v) is 8.13. The van der Waals surface area contributed by atoms with Crippen LogP contribution in [0.1, 0.15) is 30.1 Å². The quantitative estimate of drug-likeness (QED) is 0.651. The highest BCUT2D eigenvalue weighted by atomic mass is 32.2. The Morgan fingerprint density at radius 1 is 1.30 bits per heavy atom. The molecule has 0 radical (unpaired) electrons. The number of hydrogen-bond donors (Lipinski definition) is 2. The lowest BCUT2D eigenvalue weighted by Crippen LogP contribution is -2.25. The molecule has 1 amide bonds. The van der Waals surface area contributed by atoms with E-state index in [4.69, 9.17) is 9.84 Å². The highest BCUT2D eigenvalue weighted by Crippen LogP contribution is 2.12. The van der Waals surface area contributed by atoms with Gasteiger partial charge in [-0.05, 0) is 42.9 Å². The normalized spacial score (nSPS) is 10.3. The number of thioether (sulfide) groups is 1. The fourth-order valence-corrected chi connectivity index (χ4v) is 2.31. The van der Waals surface area contributed by atoms with Crippen LogP contribution >= 0.6 is 11.8 Å². The Hall–Kier alpha value is -1.20. The van der Waals surface area contributed by atoms with Crippen LogP contribution in [0, 0.1) is 0 Å². The maximum absolute atomic E-state index is 11.9. The molecule has 0 aromatic heterocycles. The molecule has 0 bridgehead atoms. The number of rotatable bonds is 10. The largest absolute Gasteiger partial charge is 0.494 e. The Labute approximate surface area is 124 Å². The van der Waals surface area contributed by atoms with Crippen LogP contribution in [0.5, 0.6) is 5.75 Å². The molecule has 112 valence electrons. The van der Waals surface area contributed by atoms with Crippen LogP contribution in [-0.2, 0) is 0 Å². The topological polar surface area (TPSA) is 58.6 Å². The highest BCUT2D eigenvalue weighted by molar-refractivity contribution is 7.99. The molecule has 1 rings (SSSR count). The van der Waals surface area contributed by atoms with Crippen LogP contribution < -0.4 is 10.1 Å². The van der Waals surface area contributed by atoms with Crippen molar-refractivity contribution in [2.24, 2.45) is 0 Å². The van der Waals surface area contributed by atoms with Crippen LogP contribution in [0.15, 0.2) is 24.3 Å². The first kappa shape index (κ1) is 16.9. The number of nitrogens with one attached hydrogen (secondary N) is 1. The van der Waals surface area contributed by atoms with Gasteiger partial charge in [-0.2, -0.15) is 11.8 Å². The summed E-state index contributed by atoms with van der Waals surface area (Å²) in [5.74, 6) is 2.52. The fraction of sp³-hybridized carbons (Fsp3) is 0.533. The number of carbonyl (C=O) groups excluding carboxylic acids is 1. The van der Waals surface area contributed by atoms with Gasteiger partial charge < -0.3 is 15.2 Å². The molecule has 0 unspecified atom stereocenters. The summed E-state index contributed by atoms with van der Waals surface area (Å²) in [4.78, 5) is 11.9. The van der Waals surface area contributed by atoms with Crippen molar-refractivity contribution in [3.63, 3.8) is 0 Å². The summed E-state index contributed by atoms with van der Waals surface area (Å²) in [5, 5.41) is 11.5. The first-order chi connectivity index (χ1) is 9.77. The standard InChI is InChI=1S/C15H23NO3S/c1-2-10-19-14-6-4-13(5-7-14)15(18)16-8-12-20-11-3-9-17/h4-7,17H,2-3,8-12H2,1H3,(H,16,18). The summed E-state index contributed by atoms with van der Waals surface area (Å²) in [6.07, 6.45) is 1.77. The molecule has 0 saturated carbocycles. The van der Waals surface area contributed by atoms with Gasteiger partial charge >= 0.3 is 0 Å². The first-order valence-electron chi connectivity index (χ1n) is 6.97.